The van der Waals surface area contributed by atoms with E-state index in [-0.39, 0.29) is 19.7 Å². The number of rotatable bonds is 8. The maximum absolute atomic E-state index is 12.5. The van der Waals surface area contributed by atoms with E-state index in [9.17, 15) is 8.42 Å². The Bertz CT molecular complexity index is 1470. The van der Waals surface area contributed by atoms with Crippen LogP contribution in [-0.4, -0.2) is 47.5 Å². The van der Waals surface area contributed by atoms with Crippen molar-refractivity contribution < 1.29 is 13.5 Å². The fourth-order valence-corrected chi connectivity index (χ4v) is 5.71. The number of fused-ring (bicyclic) bond motifs is 1. The Morgan fingerprint density at radius 1 is 1.08 bits per heavy atom. The summed E-state index contributed by atoms with van der Waals surface area (Å²) in [6.45, 7) is 0.375. The van der Waals surface area contributed by atoms with E-state index in [1.807, 2.05) is 66.7 Å². The standard InChI is InChI=1S/C26H26ClN5O3S/c27-23-10-9-20(15-22(23)26-28-16-25(31-26)18-5-2-1-3-6-18)30-24-8-4-7-19-17-32(13-11-21(19)24)36(34,35)29-12-14-33/h1-10,15-16,29-30,33H,11-14,17H2,(H,28,31). The number of aromatic amines is 1. The third-order valence-corrected chi connectivity index (χ3v) is 8.02. The summed E-state index contributed by atoms with van der Waals surface area (Å²) in [7, 11) is -3.64. The molecule has 0 amide bonds. The molecule has 0 unspecified atom stereocenters. The summed E-state index contributed by atoms with van der Waals surface area (Å²) in [6, 6.07) is 21.5. The molecule has 0 aliphatic carbocycles. The molecule has 36 heavy (non-hydrogen) atoms. The first-order valence-electron chi connectivity index (χ1n) is 11.6. The summed E-state index contributed by atoms with van der Waals surface area (Å²) in [6.07, 6.45) is 2.36. The molecule has 0 radical (unpaired) electrons. The van der Waals surface area contributed by atoms with Gasteiger partial charge in [-0.2, -0.15) is 17.4 Å². The molecular weight excluding hydrogens is 498 g/mol. The fourth-order valence-electron chi connectivity index (χ4n) is 4.33. The van der Waals surface area contributed by atoms with Gasteiger partial charge in [-0.1, -0.05) is 54.1 Å². The first-order chi connectivity index (χ1) is 17.4. The van der Waals surface area contributed by atoms with Gasteiger partial charge in [-0.15, -0.1) is 0 Å². The van der Waals surface area contributed by atoms with Gasteiger partial charge in [-0.3, -0.25) is 0 Å². The predicted molar refractivity (Wildman–Crippen MR) is 142 cm³/mol. The van der Waals surface area contributed by atoms with Gasteiger partial charge in [-0.05, 0) is 47.4 Å². The van der Waals surface area contributed by atoms with Crippen LogP contribution in [0.5, 0.6) is 0 Å². The zero-order valence-electron chi connectivity index (χ0n) is 19.4. The van der Waals surface area contributed by atoms with Crippen molar-refractivity contribution in [2.24, 2.45) is 0 Å². The topological polar surface area (TPSA) is 110 Å². The van der Waals surface area contributed by atoms with Gasteiger partial charge in [-0.25, -0.2) is 4.98 Å². The maximum Gasteiger partial charge on any atom is 0.279 e. The molecular formula is C26H26ClN5O3S. The van der Waals surface area contributed by atoms with E-state index >= 15 is 0 Å². The zero-order valence-corrected chi connectivity index (χ0v) is 21.0. The Morgan fingerprint density at radius 3 is 2.72 bits per heavy atom. The summed E-state index contributed by atoms with van der Waals surface area (Å²) in [5.74, 6) is 0.675. The number of hydrogen-bond donors (Lipinski definition) is 4. The second-order valence-electron chi connectivity index (χ2n) is 8.48. The monoisotopic (exact) mass is 523 g/mol. The second-order valence-corrected chi connectivity index (χ2v) is 10.6. The number of H-pyrrole nitrogens is 1. The van der Waals surface area contributed by atoms with Crippen molar-refractivity contribution in [1.29, 1.82) is 0 Å². The van der Waals surface area contributed by atoms with E-state index in [0.717, 1.165) is 39.3 Å². The number of nitrogens with one attached hydrogen (secondary N) is 3. The molecule has 5 rings (SSSR count). The smallest absolute Gasteiger partial charge is 0.279 e. The lowest BCUT2D eigenvalue weighted by molar-refractivity contribution is 0.297. The van der Waals surface area contributed by atoms with Gasteiger partial charge in [0.15, 0.2) is 0 Å². The number of imidazole rings is 1. The van der Waals surface area contributed by atoms with Gasteiger partial charge in [0.25, 0.3) is 10.2 Å². The maximum atomic E-state index is 12.5. The molecule has 10 heteroatoms. The average molecular weight is 524 g/mol. The number of benzene rings is 3. The lowest BCUT2D eigenvalue weighted by Crippen LogP contribution is -2.44. The third kappa shape index (κ3) is 5.16. The molecule has 8 nitrogen and oxygen atoms in total. The highest BCUT2D eigenvalue weighted by atomic mass is 35.5. The molecule has 0 spiro atoms. The van der Waals surface area contributed by atoms with E-state index in [1.54, 1.807) is 6.20 Å². The van der Waals surface area contributed by atoms with Gasteiger partial charge < -0.3 is 15.4 Å². The molecule has 4 aromatic rings. The number of nitrogens with zero attached hydrogens (tertiary/aromatic N) is 2. The summed E-state index contributed by atoms with van der Waals surface area (Å²) in [4.78, 5) is 7.90. The van der Waals surface area contributed by atoms with Crippen LogP contribution >= 0.6 is 11.6 Å². The zero-order chi connectivity index (χ0) is 25.1. The lowest BCUT2D eigenvalue weighted by Gasteiger charge is -2.29. The van der Waals surface area contributed by atoms with Crippen LogP contribution in [0.1, 0.15) is 11.1 Å². The molecule has 1 aromatic heterocycles. The molecule has 3 aromatic carbocycles. The van der Waals surface area contributed by atoms with Crippen molar-refractivity contribution in [3.05, 3.63) is 89.1 Å². The number of aliphatic hydroxyl groups is 1. The van der Waals surface area contributed by atoms with Crippen LogP contribution in [0.25, 0.3) is 22.6 Å². The number of hydrogen-bond acceptors (Lipinski definition) is 5. The Morgan fingerprint density at radius 2 is 1.92 bits per heavy atom. The number of halogens is 1. The van der Waals surface area contributed by atoms with E-state index in [2.05, 4.69) is 20.0 Å². The highest BCUT2D eigenvalue weighted by Crippen LogP contribution is 2.34. The first kappa shape index (κ1) is 24.5. The first-order valence-corrected chi connectivity index (χ1v) is 13.4. The van der Waals surface area contributed by atoms with Gasteiger partial charge in [0.1, 0.15) is 5.82 Å². The van der Waals surface area contributed by atoms with E-state index in [0.29, 0.717) is 23.8 Å². The Hall–Kier alpha value is -3.21. The average Bonchev–Trinajstić information content (AvgIpc) is 3.39. The summed E-state index contributed by atoms with van der Waals surface area (Å²) in [5, 5.41) is 13.0. The summed E-state index contributed by atoms with van der Waals surface area (Å²) in [5.41, 5.74) is 6.51. The molecule has 1 aliphatic heterocycles. The second kappa shape index (κ2) is 10.4. The van der Waals surface area contributed by atoms with Gasteiger partial charge in [0.05, 0.1) is 23.5 Å². The van der Waals surface area contributed by atoms with E-state index in [4.69, 9.17) is 16.7 Å². The molecule has 4 N–H and O–H groups in total. The van der Waals surface area contributed by atoms with Crippen molar-refractivity contribution in [3.63, 3.8) is 0 Å². The Kier molecular flexibility index (Phi) is 7.08. The number of aromatic nitrogens is 2. The van der Waals surface area contributed by atoms with Crippen LogP contribution in [0.4, 0.5) is 11.4 Å². The fraction of sp³-hybridized carbons (Fsp3) is 0.192. The van der Waals surface area contributed by atoms with Crippen molar-refractivity contribution in [3.8, 4) is 22.6 Å². The molecule has 2 heterocycles. The predicted octanol–water partition coefficient (Wildman–Crippen LogP) is 4.33. The molecule has 0 saturated heterocycles. The van der Waals surface area contributed by atoms with Gasteiger partial charge in [0, 0.05) is 36.6 Å². The van der Waals surface area contributed by atoms with E-state index in [1.165, 1.54) is 4.31 Å². The molecule has 0 bridgehead atoms. The molecule has 0 fully saturated rings. The van der Waals surface area contributed by atoms with Crippen molar-refractivity contribution in [1.82, 2.24) is 19.0 Å². The summed E-state index contributed by atoms with van der Waals surface area (Å²) < 4.78 is 28.8. The van der Waals surface area contributed by atoms with Crippen LogP contribution in [0.15, 0.2) is 72.9 Å². The minimum absolute atomic E-state index is 0.00526. The van der Waals surface area contributed by atoms with Crippen LogP contribution in [0.2, 0.25) is 5.02 Å². The number of anilines is 2. The van der Waals surface area contributed by atoms with E-state index < -0.39 is 10.2 Å². The largest absolute Gasteiger partial charge is 0.395 e. The lowest BCUT2D eigenvalue weighted by atomic mass is 9.99. The van der Waals surface area contributed by atoms with Crippen LogP contribution in [-0.2, 0) is 23.2 Å². The number of aliphatic hydroxyl groups excluding tert-OH is 1. The molecule has 1 aliphatic rings. The van der Waals surface area contributed by atoms with Crippen LogP contribution < -0.4 is 10.0 Å². The molecule has 186 valence electrons. The van der Waals surface area contributed by atoms with Crippen molar-refractivity contribution in [2.75, 3.05) is 25.0 Å². The molecule has 0 atom stereocenters. The van der Waals surface area contributed by atoms with Crippen molar-refractivity contribution >= 4 is 33.2 Å². The van der Waals surface area contributed by atoms with Crippen LogP contribution in [0, 0.1) is 0 Å². The quantitative estimate of drug-likeness (QED) is 0.275. The molecule has 0 saturated carbocycles. The van der Waals surface area contributed by atoms with Crippen molar-refractivity contribution in [2.45, 2.75) is 13.0 Å². The summed E-state index contributed by atoms with van der Waals surface area (Å²) >= 11 is 6.53. The minimum Gasteiger partial charge on any atom is -0.395 e. The highest BCUT2D eigenvalue weighted by Gasteiger charge is 2.27. The van der Waals surface area contributed by atoms with Gasteiger partial charge in [0.2, 0.25) is 0 Å². The highest BCUT2D eigenvalue weighted by molar-refractivity contribution is 7.87. The third-order valence-electron chi connectivity index (χ3n) is 6.13. The Balaban J connectivity index is 1.38. The SMILES string of the molecule is O=S(=O)(NCCO)N1CCc2c(cccc2Nc2ccc(Cl)c(-c3ncc(-c4ccccc4)[nH]3)c2)C1. The van der Waals surface area contributed by atoms with Crippen LogP contribution in [0.3, 0.4) is 0 Å². The normalized spacial score (nSPS) is 13.9. The van der Waals surface area contributed by atoms with Gasteiger partial charge >= 0.3 is 0 Å². The minimum atomic E-state index is -3.64. The Labute approximate surface area is 215 Å².